The highest BCUT2D eigenvalue weighted by molar-refractivity contribution is 5.20. The molecule has 0 aliphatic carbocycles. The smallest absolute Gasteiger partial charge is 0.307 e. The first-order valence-electron chi connectivity index (χ1n) is 1.20. The predicted octanol–water partition coefficient (Wildman–Crippen LogP) is 0.0338. The lowest BCUT2D eigenvalue weighted by Gasteiger charge is -0.945. The van der Waals surface area contributed by atoms with Crippen LogP contribution in [-0.2, 0) is 14.4 Å². The largest absolute Gasteiger partial charge is 0.373 e. The van der Waals surface area contributed by atoms with Crippen molar-refractivity contribution in [3.8, 4) is 0 Å². The Bertz CT molecular complexity index is 42.9. The minimum atomic E-state index is 0.250. The van der Waals surface area contributed by atoms with Crippen molar-refractivity contribution in [2.24, 2.45) is 0 Å². The maximum Gasteiger partial charge on any atom is 0.373 e. The van der Waals surface area contributed by atoms with Crippen molar-refractivity contribution in [2.45, 2.75) is 0 Å². The number of hydrogen-bond acceptors (Lipinski definition) is 3. The van der Waals surface area contributed by atoms with Crippen molar-refractivity contribution in [2.75, 3.05) is 0 Å². The second-order valence-corrected chi connectivity index (χ2v) is 0.0833. The molecule has 3 heteroatoms. The van der Waals surface area contributed by atoms with Crippen molar-refractivity contribution >= 4 is 12.9 Å². The second-order valence-electron chi connectivity index (χ2n) is 0.0833. The lowest BCUT2D eigenvalue weighted by Crippen LogP contribution is -1.22. The first-order chi connectivity index (χ1) is 3.41. The van der Waals surface area contributed by atoms with E-state index in [9.17, 15) is 0 Å². The van der Waals surface area contributed by atoms with Gasteiger partial charge in [-0.2, -0.15) is 9.59 Å². The van der Waals surface area contributed by atoms with Gasteiger partial charge >= 0.3 is 6.15 Å². The molecule has 0 rings (SSSR count). The van der Waals surface area contributed by atoms with Gasteiger partial charge in [0.2, 0.25) is 0 Å². The van der Waals surface area contributed by atoms with E-state index in [1.54, 1.807) is 0 Å². The molecule has 0 aromatic heterocycles. The molecule has 0 saturated heterocycles. The van der Waals surface area contributed by atoms with Crippen LogP contribution >= 0.6 is 0 Å². The zero-order valence-corrected chi connectivity index (χ0v) is 3.85. The van der Waals surface area contributed by atoms with E-state index < -0.39 is 0 Å². The average molecular weight is 102 g/mol. The third kappa shape index (κ3) is 25.5. The number of carbonyl (C=O) groups excluding carboxylic acids is 3. The molecule has 0 fully saturated rings. The van der Waals surface area contributed by atoms with Gasteiger partial charge in [0.05, 0.1) is 0 Å². The molecule has 0 radical (unpaired) electrons. The normalized spacial score (nSPS) is 2.29. The summed E-state index contributed by atoms with van der Waals surface area (Å²) in [6.45, 7) is 8.00. The molecular formula is C4H6O3. The summed E-state index contributed by atoms with van der Waals surface area (Å²) in [6.07, 6.45) is 0.250. The summed E-state index contributed by atoms with van der Waals surface area (Å²) in [5.41, 5.74) is 0. The molecule has 7 heavy (non-hydrogen) atoms. The topological polar surface area (TPSA) is 51.2 Å². The molecule has 0 bridgehead atoms. The summed E-state index contributed by atoms with van der Waals surface area (Å²) < 4.78 is 0. The molecule has 0 amide bonds. The van der Waals surface area contributed by atoms with E-state index in [1.165, 1.54) is 0 Å². The molecule has 0 unspecified atom stereocenters. The number of carbonyl (C=O) groups is 1. The van der Waals surface area contributed by atoms with Crippen LogP contribution < -0.4 is 0 Å². The van der Waals surface area contributed by atoms with Crippen molar-refractivity contribution in [3.63, 3.8) is 0 Å². The molecule has 0 atom stereocenters. The average Bonchev–Trinajstić information content (AvgIpc) is 1.78. The Morgan fingerprint density at radius 1 is 1.00 bits per heavy atom. The van der Waals surface area contributed by atoms with Gasteiger partial charge in [0.25, 0.3) is 0 Å². The maximum absolute atomic E-state index is 8.12. The third-order valence-electron chi connectivity index (χ3n) is 0. The highest BCUT2D eigenvalue weighted by Crippen LogP contribution is 0.862. The predicted molar refractivity (Wildman–Crippen MR) is 23.4 cm³/mol. The van der Waals surface area contributed by atoms with Crippen molar-refractivity contribution < 1.29 is 14.4 Å². The van der Waals surface area contributed by atoms with Gasteiger partial charge in [-0.3, -0.25) is 0 Å². The Balaban J connectivity index is -0.0000000360. The van der Waals surface area contributed by atoms with Crippen LogP contribution in [0, 0.1) is 0 Å². The summed E-state index contributed by atoms with van der Waals surface area (Å²) in [5, 5.41) is 0. The van der Waals surface area contributed by atoms with Crippen LogP contribution in [-0.4, -0.2) is 12.9 Å². The lowest BCUT2D eigenvalue weighted by atomic mass is 11.3. The van der Waals surface area contributed by atoms with Gasteiger partial charge < -0.3 is 4.79 Å². The quantitative estimate of drug-likeness (QED) is 0.405. The van der Waals surface area contributed by atoms with E-state index >= 15 is 0 Å². The molecule has 0 spiro atoms. The van der Waals surface area contributed by atoms with Crippen LogP contribution in [0.15, 0.2) is 13.2 Å². The summed E-state index contributed by atoms with van der Waals surface area (Å²) in [7, 11) is 0. The van der Waals surface area contributed by atoms with Crippen LogP contribution in [0.2, 0.25) is 0 Å². The maximum atomic E-state index is 8.12. The Labute approximate surface area is 41.6 Å². The lowest BCUT2D eigenvalue weighted by molar-refractivity contribution is -0.191. The Hall–Kier alpha value is -1.21. The third-order valence-corrected chi connectivity index (χ3v) is 0. The van der Waals surface area contributed by atoms with Gasteiger partial charge in [0, 0.05) is 0 Å². The summed E-state index contributed by atoms with van der Waals surface area (Å²) in [5.74, 6) is 0. The fourth-order valence-electron chi connectivity index (χ4n) is 0. The van der Waals surface area contributed by atoms with E-state index in [0.717, 1.165) is 0 Å². The SMILES string of the molecule is C=C.C=O.O=C=O. The fraction of sp³-hybridized carbons (Fsp3) is 0. The van der Waals surface area contributed by atoms with Crippen molar-refractivity contribution in [1.82, 2.24) is 0 Å². The van der Waals surface area contributed by atoms with E-state index in [-0.39, 0.29) is 6.15 Å². The molecule has 0 aromatic rings. The number of rotatable bonds is 0. The minimum Gasteiger partial charge on any atom is -0.307 e. The molecule has 3 nitrogen and oxygen atoms in total. The molecule has 0 heterocycles. The van der Waals surface area contributed by atoms with Gasteiger partial charge in [-0.25, -0.2) is 0 Å². The van der Waals surface area contributed by atoms with Crippen molar-refractivity contribution in [1.29, 1.82) is 0 Å². The van der Waals surface area contributed by atoms with E-state index in [4.69, 9.17) is 14.4 Å². The second kappa shape index (κ2) is 1560. The molecule has 0 aromatic carbocycles. The zero-order valence-electron chi connectivity index (χ0n) is 3.85. The summed E-state index contributed by atoms with van der Waals surface area (Å²) in [6, 6.07) is 0. The highest BCUT2D eigenvalue weighted by Gasteiger charge is 1.13. The number of hydrogen-bond donors (Lipinski definition) is 0. The van der Waals surface area contributed by atoms with Crippen LogP contribution in [0.4, 0.5) is 0 Å². The Morgan fingerprint density at radius 3 is 1.00 bits per heavy atom. The zero-order chi connectivity index (χ0) is 6.71. The van der Waals surface area contributed by atoms with E-state index in [1.807, 2.05) is 6.79 Å². The molecular weight excluding hydrogens is 96.0 g/mol. The van der Waals surface area contributed by atoms with Crippen LogP contribution in [0.3, 0.4) is 0 Å². The molecule has 0 N–H and O–H groups in total. The van der Waals surface area contributed by atoms with Gasteiger partial charge in [-0.05, 0) is 0 Å². The Morgan fingerprint density at radius 2 is 1.00 bits per heavy atom. The molecule has 0 aliphatic rings. The van der Waals surface area contributed by atoms with Gasteiger partial charge in [-0.1, -0.05) is 0 Å². The highest BCUT2D eigenvalue weighted by atomic mass is 16.2. The standard InChI is InChI=1S/C2H4.CO2.CH2O/c1-2;2-1-3;1-2/h1-2H2;;1H2. The first-order valence-corrected chi connectivity index (χ1v) is 1.20. The van der Waals surface area contributed by atoms with Crippen LogP contribution in [0.25, 0.3) is 0 Å². The van der Waals surface area contributed by atoms with Crippen LogP contribution in [0.5, 0.6) is 0 Å². The van der Waals surface area contributed by atoms with E-state index in [0.29, 0.717) is 0 Å². The van der Waals surface area contributed by atoms with Gasteiger partial charge in [-0.15, -0.1) is 13.2 Å². The molecule has 0 aliphatic heterocycles. The van der Waals surface area contributed by atoms with Gasteiger partial charge in [0.1, 0.15) is 6.79 Å². The molecule has 40 valence electrons. The summed E-state index contributed by atoms with van der Waals surface area (Å²) >= 11 is 0. The van der Waals surface area contributed by atoms with Gasteiger partial charge in [0.15, 0.2) is 0 Å². The monoisotopic (exact) mass is 102 g/mol. The first kappa shape index (κ1) is 17.1. The van der Waals surface area contributed by atoms with Crippen molar-refractivity contribution in [3.05, 3.63) is 13.2 Å². The Kier molecular flexibility index (Phi) is 3800. The summed E-state index contributed by atoms with van der Waals surface area (Å²) in [4.78, 5) is 24.2. The minimum absolute atomic E-state index is 0.250. The van der Waals surface area contributed by atoms with Crippen LogP contribution in [0.1, 0.15) is 0 Å². The van der Waals surface area contributed by atoms with E-state index in [2.05, 4.69) is 13.2 Å². The fourth-order valence-corrected chi connectivity index (χ4v) is 0. The molecule has 0 saturated carbocycles.